The van der Waals surface area contributed by atoms with E-state index in [9.17, 15) is 0 Å². The van der Waals surface area contributed by atoms with Gasteiger partial charge in [0.1, 0.15) is 0 Å². The van der Waals surface area contributed by atoms with Crippen LogP contribution >= 0.6 is 0 Å². The van der Waals surface area contributed by atoms with Gasteiger partial charge in [-0.1, -0.05) is 26.0 Å². The van der Waals surface area contributed by atoms with Gasteiger partial charge in [0.05, 0.1) is 23.5 Å². The fourth-order valence-corrected chi connectivity index (χ4v) is 3.02. The maximum absolute atomic E-state index is 5.66. The Balaban J connectivity index is 0.000000531. The first-order valence-corrected chi connectivity index (χ1v) is 6.03. The molecule has 1 saturated carbocycles. The van der Waals surface area contributed by atoms with E-state index in [1.807, 2.05) is 18.7 Å². The molecule has 2 rings (SSSR count). The van der Waals surface area contributed by atoms with Crippen molar-refractivity contribution in [1.29, 1.82) is 0 Å². The van der Waals surface area contributed by atoms with Gasteiger partial charge in [0.25, 0.3) is 0 Å². The third kappa shape index (κ3) is 2.84. The monoisotopic (exact) mass is 199 g/mol. The molecule has 78 valence electrons. The van der Waals surface area contributed by atoms with E-state index in [0.717, 1.165) is 19.0 Å². The van der Waals surface area contributed by atoms with E-state index in [2.05, 4.69) is 6.92 Å². The van der Waals surface area contributed by atoms with E-state index in [1.165, 1.54) is 19.3 Å². The minimum Gasteiger partial charge on any atom is -0.322 e. The zero-order valence-electron chi connectivity index (χ0n) is 10.3. The highest BCUT2D eigenvalue weighted by molar-refractivity contribution is 6.59. The van der Waals surface area contributed by atoms with Crippen LogP contribution in [0.3, 0.4) is 0 Å². The van der Waals surface area contributed by atoms with Crippen LogP contribution in [0.5, 0.6) is 0 Å². The molecule has 1 heterocycles. The highest BCUT2D eigenvalue weighted by Crippen LogP contribution is 2.51. The number of likely N-dealkylation sites (tertiary alicyclic amines) is 1. The number of rotatable bonds is 1. The molecule has 0 atom stereocenters. The Kier molecular flexibility index (Phi) is 4.03. The molecule has 1 nitrogen and oxygen atoms in total. The van der Waals surface area contributed by atoms with Crippen molar-refractivity contribution in [3.05, 3.63) is 0 Å². The molecule has 1 aliphatic carbocycles. The molecule has 2 aliphatic rings. The van der Waals surface area contributed by atoms with Crippen LogP contribution in [-0.4, -0.2) is 46.8 Å². The van der Waals surface area contributed by atoms with Crippen LogP contribution < -0.4 is 0 Å². The Hall–Kier alpha value is 0.155. The van der Waals surface area contributed by atoms with Crippen LogP contribution in [0.1, 0.15) is 40.0 Å². The average Bonchev–Trinajstić information content (AvgIpc) is 2.51. The van der Waals surface area contributed by atoms with Crippen molar-refractivity contribution < 1.29 is 0 Å². The van der Waals surface area contributed by atoms with Gasteiger partial charge in [0.2, 0.25) is 0 Å². The lowest BCUT2D eigenvalue weighted by molar-refractivity contribution is 0.0744. The molecule has 15 heavy (non-hydrogen) atoms. The smallest absolute Gasteiger partial charge is 0.0698 e. The molecule has 0 bridgehead atoms. The first-order chi connectivity index (χ1) is 6.91. The van der Waals surface area contributed by atoms with Gasteiger partial charge in [0.15, 0.2) is 0 Å². The summed E-state index contributed by atoms with van der Waals surface area (Å²) in [5.74, 6) is 0.877. The van der Waals surface area contributed by atoms with Gasteiger partial charge in [-0.25, -0.2) is 0 Å². The largest absolute Gasteiger partial charge is 0.322 e. The fraction of sp³-hybridized carbons (Fsp3) is 1.00. The minimum atomic E-state index is -1.11. The van der Waals surface area contributed by atoms with Gasteiger partial charge in [-0.3, -0.25) is 0 Å². The van der Waals surface area contributed by atoms with E-state index < -0.39 is 5.24 Å². The van der Waals surface area contributed by atoms with Crippen LogP contribution in [0.25, 0.3) is 0 Å². The molecule has 0 aromatic heterocycles. The fourth-order valence-electron chi connectivity index (χ4n) is 3.02. The number of hydrogen-bond acceptors (Lipinski definition) is 1. The molecule has 6 radical (unpaired) electrons. The quantitative estimate of drug-likeness (QED) is 0.574. The molecular formula is C11H20B3N. The van der Waals surface area contributed by atoms with E-state index in [-0.39, 0.29) is 0 Å². The van der Waals surface area contributed by atoms with Crippen molar-refractivity contribution in [2.24, 2.45) is 11.3 Å². The molecule has 0 amide bonds. The summed E-state index contributed by atoms with van der Waals surface area (Å²) in [7, 11) is 17.0. The summed E-state index contributed by atoms with van der Waals surface area (Å²) in [6.07, 6.45) is 3.85. The molecule has 1 saturated heterocycles. The predicted octanol–water partition coefficient (Wildman–Crippen LogP) is 1.25. The van der Waals surface area contributed by atoms with Gasteiger partial charge >= 0.3 is 0 Å². The summed E-state index contributed by atoms with van der Waals surface area (Å²) in [5.41, 5.74) is 0.503. The maximum atomic E-state index is 5.66. The molecule has 0 N–H and O–H groups in total. The predicted molar refractivity (Wildman–Crippen MR) is 68.4 cm³/mol. The molecular weight excluding hydrogens is 179 g/mol. The third-order valence-electron chi connectivity index (χ3n) is 3.55. The van der Waals surface area contributed by atoms with E-state index in [4.69, 9.17) is 23.5 Å². The van der Waals surface area contributed by atoms with E-state index in [1.54, 1.807) is 0 Å². The van der Waals surface area contributed by atoms with Crippen molar-refractivity contribution in [1.82, 2.24) is 4.90 Å². The Morgan fingerprint density at radius 2 is 1.73 bits per heavy atom. The number of hydrogen-bond donors (Lipinski definition) is 0. The van der Waals surface area contributed by atoms with Gasteiger partial charge < -0.3 is 4.90 Å². The van der Waals surface area contributed by atoms with E-state index in [0.29, 0.717) is 5.41 Å². The molecule has 2 fully saturated rings. The van der Waals surface area contributed by atoms with Crippen molar-refractivity contribution in [3.63, 3.8) is 0 Å². The molecule has 0 unspecified atom stereocenters. The molecule has 4 heteroatoms. The first kappa shape index (κ1) is 13.2. The standard InChI is InChI=1S/C9H14B3N.C2H6/c1-7-4-8(5-7)2-3-13(6-8)9(10,11)12;1-2/h7H,2-6H2,1H3;1-2H3. The Morgan fingerprint density at radius 1 is 1.20 bits per heavy atom. The second-order valence-corrected chi connectivity index (χ2v) is 5.07. The number of nitrogens with zero attached hydrogens (tertiary/aromatic N) is 1. The average molecular weight is 199 g/mol. The SMILES string of the molecule is CC.[B]C([B])([B])N1CCC2(CC(C)C2)C1. The van der Waals surface area contributed by atoms with Crippen molar-refractivity contribution >= 4 is 23.5 Å². The van der Waals surface area contributed by atoms with Crippen LogP contribution in [0.2, 0.25) is 0 Å². The first-order valence-electron chi connectivity index (χ1n) is 6.03. The lowest BCUT2D eigenvalue weighted by atomic mass is 9.48. The topological polar surface area (TPSA) is 3.24 Å². The maximum Gasteiger partial charge on any atom is 0.0698 e. The van der Waals surface area contributed by atoms with Crippen molar-refractivity contribution in [2.45, 2.75) is 45.3 Å². The van der Waals surface area contributed by atoms with Gasteiger partial charge in [-0.15, -0.1) is 0 Å². The van der Waals surface area contributed by atoms with Crippen LogP contribution in [0.4, 0.5) is 0 Å². The Morgan fingerprint density at radius 3 is 2.07 bits per heavy atom. The lowest BCUT2D eigenvalue weighted by Crippen LogP contribution is -2.51. The van der Waals surface area contributed by atoms with E-state index >= 15 is 0 Å². The zero-order chi connectivity index (χ0) is 11.7. The summed E-state index contributed by atoms with van der Waals surface area (Å²) in [4.78, 5) is 2.00. The highest BCUT2D eigenvalue weighted by Gasteiger charge is 2.47. The minimum absolute atomic E-state index is 0.503. The van der Waals surface area contributed by atoms with Crippen molar-refractivity contribution in [2.75, 3.05) is 13.1 Å². The van der Waals surface area contributed by atoms with Gasteiger partial charge in [-0.05, 0) is 37.1 Å². The lowest BCUT2D eigenvalue weighted by Gasteiger charge is -2.45. The summed E-state index contributed by atoms with van der Waals surface area (Å²) in [6, 6.07) is 0. The Labute approximate surface area is 98.6 Å². The normalized spacial score (nSPS) is 35.8. The summed E-state index contributed by atoms with van der Waals surface area (Å²) >= 11 is 0. The molecule has 0 aromatic carbocycles. The second kappa shape index (κ2) is 4.57. The van der Waals surface area contributed by atoms with Crippen molar-refractivity contribution in [3.8, 4) is 0 Å². The van der Waals surface area contributed by atoms with Gasteiger partial charge in [0, 0.05) is 6.54 Å². The van der Waals surface area contributed by atoms with Gasteiger partial charge in [-0.2, -0.15) is 0 Å². The summed E-state index contributed by atoms with van der Waals surface area (Å²) in [5, 5.41) is -1.11. The second-order valence-electron chi connectivity index (χ2n) is 5.07. The molecule has 1 spiro atoms. The molecule has 1 aliphatic heterocycles. The van der Waals surface area contributed by atoms with Crippen LogP contribution in [0, 0.1) is 11.3 Å². The summed E-state index contributed by atoms with van der Waals surface area (Å²) < 4.78 is 0. The zero-order valence-corrected chi connectivity index (χ0v) is 10.3. The Bertz CT molecular complexity index is 206. The van der Waals surface area contributed by atoms with Crippen LogP contribution in [-0.2, 0) is 0 Å². The summed E-state index contributed by atoms with van der Waals surface area (Å²) in [6.45, 7) is 8.24. The third-order valence-corrected chi connectivity index (χ3v) is 3.55. The highest BCUT2D eigenvalue weighted by atomic mass is 15.2. The molecule has 0 aromatic rings. The van der Waals surface area contributed by atoms with Crippen LogP contribution in [0.15, 0.2) is 0 Å².